The van der Waals surface area contributed by atoms with Crippen LogP contribution in [-0.4, -0.2) is 11.0 Å². The molecular weight excluding hydrogens is 238 g/mol. The van der Waals surface area contributed by atoms with Gasteiger partial charge >= 0.3 is 5.97 Å². The number of hydrogen-bond donors (Lipinski definition) is 1. The fraction of sp³-hybridized carbons (Fsp3) is 0.312. The van der Waals surface area contributed by atoms with Crippen molar-refractivity contribution < 1.29 is 9.53 Å². The summed E-state index contributed by atoms with van der Waals surface area (Å²) in [6, 6.07) is 11.8. The van der Waals surface area contributed by atoms with E-state index in [-0.39, 0.29) is 5.97 Å². The largest absolute Gasteiger partial charge is 0.425 e. The van der Waals surface area contributed by atoms with E-state index in [1.165, 1.54) is 0 Å². The van der Waals surface area contributed by atoms with Crippen molar-refractivity contribution in [2.45, 2.75) is 32.6 Å². The first kappa shape index (κ1) is 13.4. The first-order chi connectivity index (χ1) is 9.29. The van der Waals surface area contributed by atoms with Gasteiger partial charge in [-0.1, -0.05) is 50.1 Å². The maximum Gasteiger partial charge on any atom is 0.311 e. The molecule has 0 aliphatic rings. The molecule has 1 aromatic heterocycles. The molecule has 3 heteroatoms. The minimum atomic E-state index is -0.160. The molecule has 0 aliphatic carbocycles. The van der Waals surface area contributed by atoms with Crippen LogP contribution in [0.2, 0.25) is 0 Å². The molecule has 0 aliphatic heterocycles. The molecule has 0 saturated carbocycles. The topological polar surface area (TPSA) is 42.1 Å². The van der Waals surface area contributed by atoms with E-state index in [0.29, 0.717) is 12.2 Å². The number of aromatic amines is 1. The number of rotatable bonds is 6. The second kappa shape index (κ2) is 6.78. The van der Waals surface area contributed by atoms with Crippen molar-refractivity contribution in [1.82, 2.24) is 4.98 Å². The lowest BCUT2D eigenvalue weighted by Crippen LogP contribution is -2.06. The molecule has 3 nitrogen and oxygen atoms in total. The maximum absolute atomic E-state index is 11.6. The normalized spacial score (nSPS) is 10.4. The van der Waals surface area contributed by atoms with Crippen molar-refractivity contribution in [1.29, 1.82) is 0 Å². The third-order valence-electron chi connectivity index (χ3n) is 2.96. The quantitative estimate of drug-likeness (QED) is 0.623. The average Bonchev–Trinajstić information content (AvgIpc) is 2.88. The predicted molar refractivity (Wildman–Crippen MR) is 76.0 cm³/mol. The number of nitrogens with one attached hydrogen (secondary N) is 1. The van der Waals surface area contributed by atoms with Crippen LogP contribution in [0.1, 0.15) is 32.6 Å². The van der Waals surface area contributed by atoms with Crippen LogP contribution in [0.3, 0.4) is 0 Å². The van der Waals surface area contributed by atoms with Gasteiger partial charge in [0, 0.05) is 24.4 Å². The molecule has 0 fully saturated rings. The van der Waals surface area contributed by atoms with E-state index in [1.807, 2.05) is 36.4 Å². The molecule has 0 saturated heterocycles. The molecule has 2 rings (SSSR count). The van der Waals surface area contributed by atoms with Crippen LogP contribution in [0.25, 0.3) is 11.3 Å². The lowest BCUT2D eigenvalue weighted by Gasteiger charge is -2.00. The van der Waals surface area contributed by atoms with Gasteiger partial charge in [-0.2, -0.15) is 0 Å². The highest BCUT2D eigenvalue weighted by Gasteiger charge is 2.07. The van der Waals surface area contributed by atoms with E-state index in [1.54, 1.807) is 6.20 Å². The van der Waals surface area contributed by atoms with Gasteiger partial charge < -0.3 is 9.72 Å². The smallest absolute Gasteiger partial charge is 0.311 e. The van der Waals surface area contributed by atoms with Crippen LogP contribution in [0.15, 0.2) is 42.6 Å². The molecule has 1 aromatic carbocycles. The van der Waals surface area contributed by atoms with Gasteiger partial charge in [0.05, 0.1) is 0 Å². The maximum atomic E-state index is 11.6. The van der Waals surface area contributed by atoms with E-state index in [4.69, 9.17) is 4.74 Å². The van der Waals surface area contributed by atoms with Crippen LogP contribution < -0.4 is 4.74 Å². The summed E-state index contributed by atoms with van der Waals surface area (Å²) in [4.78, 5) is 14.7. The van der Waals surface area contributed by atoms with Crippen LogP contribution in [0, 0.1) is 0 Å². The van der Waals surface area contributed by atoms with Gasteiger partial charge in [-0.15, -0.1) is 0 Å². The van der Waals surface area contributed by atoms with E-state index in [0.717, 1.165) is 30.5 Å². The Kier molecular flexibility index (Phi) is 4.78. The number of H-pyrrole nitrogens is 1. The zero-order chi connectivity index (χ0) is 13.5. The summed E-state index contributed by atoms with van der Waals surface area (Å²) >= 11 is 0. The number of carbonyl (C=O) groups excluding carboxylic acids is 1. The fourth-order valence-electron chi connectivity index (χ4n) is 1.92. The number of esters is 1. The summed E-state index contributed by atoms with van der Waals surface area (Å²) in [5, 5.41) is 0. The molecule has 0 amide bonds. The van der Waals surface area contributed by atoms with Gasteiger partial charge in [-0.25, -0.2) is 0 Å². The van der Waals surface area contributed by atoms with Gasteiger partial charge in [0.15, 0.2) is 0 Å². The molecule has 0 radical (unpaired) electrons. The molecule has 0 unspecified atom stereocenters. The lowest BCUT2D eigenvalue weighted by molar-refractivity contribution is -0.134. The first-order valence-corrected chi connectivity index (χ1v) is 6.74. The molecule has 0 atom stereocenters. The Bertz CT molecular complexity index is 517. The number of unbranched alkanes of at least 4 members (excludes halogenated alkanes) is 2. The van der Waals surface area contributed by atoms with Crippen molar-refractivity contribution >= 4 is 5.97 Å². The standard InChI is InChI=1S/C16H19NO2/c1-2-3-5-10-16(18)19-14-11-15(17-12-14)13-8-6-4-7-9-13/h4,6-9,11-12,17H,2-3,5,10H2,1H3. The van der Waals surface area contributed by atoms with E-state index in [9.17, 15) is 4.79 Å². The fourth-order valence-corrected chi connectivity index (χ4v) is 1.92. The molecule has 0 bridgehead atoms. The Morgan fingerprint density at radius 1 is 1.21 bits per heavy atom. The average molecular weight is 257 g/mol. The Morgan fingerprint density at radius 3 is 2.74 bits per heavy atom. The number of benzene rings is 1. The van der Waals surface area contributed by atoms with Crippen LogP contribution in [-0.2, 0) is 4.79 Å². The number of ether oxygens (including phenoxy) is 1. The number of carbonyl (C=O) groups is 1. The Labute approximate surface area is 113 Å². The second-order valence-electron chi connectivity index (χ2n) is 4.55. The van der Waals surface area contributed by atoms with Crippen molar-refractivity contribution in [2.24, 2.45) is 0 Å². The summed E-state index contributed by atoms with van der Waals surface area (Å²) in [6.07, 6.45) is 5.28. The van der Waals surface area contributed by atoms with Gasteiger partial charge in [0.2, 0.25) is 0 Å². The molecule has 0 spiro atoms. The predicted octanol–water partition coefficient (Wildman–Crippen LogP) is 4.17. The van der Waals surface area contributed by atoms with E-state index < -0.39 is 0 Å². The van der Waals surface area contributed by atoms with Crippen LogP contribution >= 0.6 is 0 Å². The zero-order valence-electron chi connectivity index (χ0n) is 11.2. The summed E-state index contributed by atoms with van der Waals surface area (Å²) in [6.45, 7) is 2.11. The second-order valence-corrected chi connectivity index (χ2v) is 4.55. The minimum Gasteiger partial charge on any atom is -0.425 e. The molecule has 1 heterocycles. The van der Waals surface area contributed by atoms with Crippen LogP contribution in [0.5, 0.6) is 5.75 Å². The highest BCUT2D eigenvalue weighted by Crippen LogP contribution is 2.23. The Hall–Kier alpha value is -2.03. The Morgan fingerprint density at radius 2 is 2.00 bits per heavy atom. The van der Waals surface area contributed by atoms with E-state index >= 15 is 0 Å². The Balaban J connectivity index is 1.93. The molecular formula is C16H19NO2. The SMILES string of the molecule is CCCCCC(=O)Oc1c[nH]c(-c2ccccc2)c1. The van der Waals surface area contributed by atoms with Crippen molar-refractivity contribution in [3.63, 3.8) is 0 Å². The van der Waals surface area contributed by atoms with E-state index in [2.05, 4.69) is 11.9 Å². The summed E-state index contributed by atoms with van der Waals surface area (Å²) in [5.41, 5.74) is 2.03. The number of aromatic nitrogens is 1. The first-order valence-electron chi connectivity index (χ1n) is 6.74. The van der Waals surface area contributed by atoms with Gasteiger partial charge in [-0.05, 0) is 12.0 Å². The van der Waals surface area contributed by atoms with Crippen molar-refractivity contribution in [3.8, 4) is 17.0 Å². The van der Waals surface area contributed by atoms with Gasteiger partial charge in [-0.3, -0.25) is 4.79 Å². The third kappa shape index (κ3) is 3.98. The monoisotopic (exact) mass is 257 g/mol. The zero-order valence-corrected chi connectivity index (χ0v) is 11.2. The molecule has 2 aromatic rings. The highest BCUT2D eigenvalue weighted by atomic mass is 16.5. The summed E-state index contributed by atoms with van der Waals surface area (Å²) in [5.74, 6) is 0.424. The molecule has 1 N–H and O–H groups in total. The summed E-state index contributed by atoms with van der Waals surface area (Å²) < 4.78 is 5.29. The highest BCUT2D eigenvalue weighted by molar-refractivity contribution is 5.73. The molecule has 100 valence electrons. The lowest BCUT2D eigenvalue weighted by atomic mass is 10.2. The van der Waals surface area contributed by atoms with Crippen molar-refractivity contribution in [3.05, 3.63) is 42.6 Å². The molecule has 19 heavy (non-hydrogen) atoms. The van der Waals surface area contributed by atoms with Gasteiger partial charge in [0.25, 0.3) is 0 Å². The minimum absolute atomic E-state index is 0.160. The number of hydrogen-bond acceptors (Lipinski definition) is 2. The third-order valence-corrected chi connectivity index (χ3v) is 2.96. The van der Waals surface area contributed by atoms with Crippen LogP contribution in [0.4, 0.5) is 0 Å². The van der Waals surface area contributed by atoms with Gasteiger partial charge in [0.1, 0.15) is 5.75 Å². The van der Waals surface area contributed by atoms with Crippen molar-refractivity contribution in [2.75, 3.05) is 0 Å². The summed E-state index contributed by atoms with van der Waals surface area (Å²) in [7, 11) is 0.